The zero-order valence-electron chi connectivity index (χ0n) is 11.3. The summed E-state index contributed by atoms with van der Waals surface area (Å²) in [4.78, 5) is 0. The van der Waals surface area contributed by atoms with Crippen LogP contribution in [-0.4, -0.2) is 17.2 Å². The lowest BCUT2D eigenvalue weighted by Crippen LogP contribution is -2.47. The van der Waals surface area contributed by atoms with Crippen LogP contribution in [0, 0.1) is 6.92 Å². The highest BCUT2D eigenvalue weighted by atomic mass is 19.4. The van der Waals surface area contributed by atoms with Crippen molar-refractivity contribution in [3.8, 4) is 0 Å². The summed E-state index contributed by atoms with van der Waals surface area (Å²) in [7, 11) is 0. The minimum Gasteiger partial charge on any atom is -0.385 e. The molecule has 110 valence electrons. The third-order valence-electron chi connectivity index (χ3n) is 4.57. The predicted octanol–water partition coefficient (Wildman–Crippen LogP) is 3.12. The molecule has 2 fully saturated rings. The molecule has 2 aliphatic rings. The van der Waals surface area contributed by atoms with Crippen molar-refractivity contribution < 1.29 is 18.3 Å². The van der Waals surface area contributed by atoms with Crippen LogP contribution in [0.15, 0.2) is 18.2 Å². The highest BCUT2D eigenvalue weighted by molar-refractivity contribution is 5.37. The predicted molar refractivity (Wildman–Crippen MR) is 69.3 cm³/mol. The summed E-state index contributed by atoms with van der Waals surface area (Å²) in [6.45, 7) is 1.76. The second kappa shape index (κ2) is 4.46. The molecule has 2 aliphatic heterocycles. The van der Waals surface area contributed by atoms with E-state index in [0.29, 0.717) is 18.4 Å². The number of hydrogen-bond acceptors (Lipinski definition) is 2. The number of benzene rings is 1. The van der Waals surface area contributed by atoms with Crippen LogP contribution in [0.4, 0.5) is 13.2 Å². The van der Waals surface area contributed by atoms with Crippen molar-refractivity contribution in [1.29, 1.82) is 0 Å². The summed E-state index contributed by atoms with van der Waals surface area (Å²) < 4.78 is 38.6. The van der Waals surface area contributed by atoms with Crippen molar-refractivity contribution >= 4 is 0 Å². The number of aliphatic hydroxyl groups is 1. The molecule has 0 radical (unpaired) electrons. The molecule has 2 nitrogen and oxygen atoms in total. The van der Waals surface area contributed by atoms with Gasteiger partial charge in [0.05, 0.1) is 11.2 Å². The van der Waals surface area contributed by atoms with Gasteiger partial charge < -0.3 is 10.4 Å². The average molecular weight is 285 g/mol. The van der Waals surface area contributed by atoms with Gasteiger partial charge in [-0.2, -0.15) is 13.2 Å². The molecular formula is C15H18F3NO. The molecule has 2 unspecified atom stereocenters. The van der Waals surface area contributed by atoms with Gasteiger partial charge >= 0.3 is 6.18 Å². The molecular weight excluding hydrogens is 267 g/mol. The number of fused-ring (bicyclic) bond motifs is 2. The third-order valence-corrected chi connectivity index (χ3v) is 4.57. The molecule has 1 aromatic carbocycles. The fourth-order valence-corrected chi connectivity index (χ4v) is 3.64. The Morgan fingerprint density at radius 2 is 1.80 bits per heavy atom. The number of piperidine rings is 1. The highest BCUT2D eigenvalue weighted by Gasteiger charge is 2.44. The second-order valence-corrected chi connectivity index (χ2v) is 6.11. The Kier molecular flexibility index (Phi) is 3.10. The number of hydrogen-bond donors (Lipinski definition) is 2. The molecule has 0 saturated carbocycles. The van der Waals surface area contributed by atoms with Crippen molar-refractivity contribution in [3.63, 3.8) is 0 Å². The summed E-state index contributed by atoms with van der Waals surface area (Å²) in [5.74, 6) is 0. The zero-order chi connectivity index (χ0) is 14.5. The molecule has 2 saturated heterocycles. The first-order valence-corrected chi connectivity index (χ1v) is 6.95. The Morgan fingerprint density at radius 1 is 1.20 bits per heavy atom. The van der Waals surface area contributed by atoms with Crippen molar-refractivity contribution in [1.82, 2.24) is 5.32 Å². The first kappa shape index (κ1) is 13.9. The highest BCUT2D eigenvalue weighted by Crippen LogP contribution is 2.43. The van der Waals surface area contributed by atoms with Gasteiger partial charge in [0, 0.05) is 12.1 Å². The van der Waals surface area contributed by atoms with Gasteiger partial charge in [-0.25, -0.2) is 0 Å². The smallest absolute Gasteiger partial charge is 0.385 e. The van der Waals surface area contributed by atoms with Crippen LogP contribution >= 0.6 is 0 Å². The normalized spacial score (nSPS) is 33.5. The lowest BCUT2D eigenvalue weighted by molar-refractivity contribution is -0.137. The monoisotopic (exact) mass is 285 g/mol. The summed E-state index contributed by atoms with van der Waals surface area (Å²) >= 11 is 0. The molecule has 1 aromatic rings. The first-order valence-electron chi connectivity index (χ1n) is 6.95. The number of alkyl halides is 3. The molecule has 3 rings (SSSR count). The molecule has 0 spiro atoms. The van der Waals surface area contributed by atoms with E-state index in [2.05, 4.69) is 5.32 Å². The van der Waals surface area contributed by atoms with E-state index < -0.39 is 17.3 Å². The van der Waals surface area contributed by atoms with Gasteiger partial charge in [0.1, 0.15) is 0 Å². The van der Waals surface area contributed by atoms with Gasteiger partial charge in [-0.15, -0.1) is 0 Å². The molecule has 2 heterocycles. The quantitative estimate of drug-likeness (QED) is 0.831. The lowest BCUT2D eigenvalue weighted by atomic mass is 9.79. The van der Waals surface area contributed by atoms with E-state index in [1.807, 2.05) is 0 Å². The maximum absolute atomic E-state index is 12.9. The van der Waals surface area contributed by atoms with Crippen LogP contribution in [0.3, 0.4) is 0 Å². The molecule has 20 heavy (non-hydrogen) atoms. The van der Waals surface area contributed by atoms with Crippen LogP contribution in [-0.2, 0) is 11.8 Å². The van der Waals surface area contributed by atoms with E-state index in [1.165, 1.54) is 6.07 Å². The Hall–Kier alpha value is -1.07. The van der Waals surface area contributed by atoms with Gasteiger partial charge in [0.25, 0.3) is 0 Å². The average Bonchev–Trinajstić information content (AvgIpc) is 2.68. The largest absolute Gasteiger partial charge is 0.416 e. The van der Waals surface area contributed by atoms with Gasteiger partial charge in [0.2, 0.25) is 0 Å². The number of rotatable bonds is 1. The Labute approximate surface area is 116 Å². The van der Waals surface area contributed by atoms with E-state index in [4.69, 9.17) is 0 Å². The Bertz CT molecular complexity index is 514. The first-order chi connectivity index (χ1) is 9.28. The van der Waals surface area contributed by atoms with Crippen LogP contribution in [0.2, 0.25) is 0 Å². The number of halogens is 3. The fraction of sp³-hybridized carbons (Fsp3) is 0.600. The molecule has 5 heteroatoms. The zero-order valence-corrected chi connectivity index (χ0v) is 11.3. The SMILES string of the molecule is Cc1ccc(C(F)(F)F)cc1C1(O)CC2CCC(C1)N2. The van der Waals surface area contributed by atoms with E-state index in [-0.39, 0.29) is 12.1 Å². The molecule has 2 N–H and O–H groups in total. The van der Waals surface area contributed by atoms with Gasteiger partial charge in [-0.3, -0.25) is 0 Å². The van der Waals surface area contributed by atoms with Crippen molar-refractivity contribution in [2.75, 3.05) is 0 Å². The summed E-state index contributed by atoms with van der Waals surface area (Å²) in [6.07, 6.45) is -1.40. The maximum Gasteiger partial charge on any atom is 0.416 e. The van der Waals surface area contributed by atoms with Crippen LogP contribution in [0.1, 0.15) is 42.4 Å². The fourth-order valence-electron chi connectivity index (χ4n) is 3.64. The van der Waals surface area contributed by atoms with E-state index in [9.17, 15) is 18.3 Å². The lowest BCUT2D eigenvalue weighted by Gasteiger charge is -2.38. The minimum atomic E-state index is -4.37. The molecule has 0 amide bonds. The van der Waals surface area contributed by atoms with Crippen LogP contribution < -0.4 is 5.32 Å². The summed E-state index contributed by atoms with van der Waals surface area (Å²) in [5, 5.41) is 14.3. The summed E-state index contributed by atoms with van der Waals surface area (Å²) in [6, 6.07) is 4.10. The van der Waals surface area contributed by atoms with Gasteiger partial charge in [0.15, 0.2) is 0 Å². The number of nitrogens with one attached hydrogen (secondary N) is 1. The minimum absolute atomic E-state index is 0.215. The van der Waals surface area contributed by atoms with Gasteiger partial charge in [-0.1, -0.05) is 6.07 Å². The second-order valence-electron chi connectivity index (χ2n) is 6.11. The maximum atomic E-state index is 12.9. The number of aryl methyl sites for hydroxylation is 1. The molecule has 2 bridgehead atoms. The molecule has 0 aliphatic carbocycles. The van der Waals surface area contributed by atoms with Crippen LogP contribution in [0.25, 0.3) is 0 Å². The Balaban J connectivity index is 2.00. The molecule has 2 atom stereocenters. The van der Waals surface area contributed by atoms with Crippen molar-refractivity contribution in [2.24, 2.45) is 0 Å². The third kappa shape index (κ3) is 2.33. The van der Waals surface area contributed by atoms with E-state index >= 15 is 0 Å². The summed E-state index contributed by atoms with van der Waals surface area (Å²) in [5.41, 5.74) is -0.660. The van der Waals surface area contributed by atoms with Crippen LogP contribution in [0.5, 0.6) is 0 Å². The topological polar surface area (TPSA) is 32.3 Å². The molecule has 0 aromatic heterocycles. The van der Waals surface area contributed by atoms with Crippen molar-refractivity contribution in [3.05, 3.63) is 34.9 Å². The Morgan fingerprint density at radius 3 is 2.35 bits per heavy atom. The van der Waals surface area contributed by atoms with E-state index in [0.717, 1.165) is 30.5 Å². The van der Waals surface area contributed by atoms with E-state index in [1.54, 1.807) is 6.92 Å². The standard InChI is InChI=1S/C15H18F3NO/c1-9-2-3-10(15(16,17)18)6-13(9)14(20)7-11-4-5-12(8-14)19-11/h2-3,6,11-12,19-20H,4-5,7-8H2,1H3. The van der Waals surface area contributed by atoms with Crippen molar-refractivity contribution in [2.45, 2.75) is 56.5 Å². The van der Waals surface area contributed by atoms with Gasteiger partial charge in [-0.05, 0) is 55.9 Å².